The van der Waals surface area contributed by atoms with Gasteiger partial charge < -0.3 is 0 Å². The maximum atomic E-state index is 8.50. The molecule has 0 nitrogen and oxygen atoms in total. The van der Waals surface area contributed by atoms with Crippen LogP contribution >= 0.6 is 0 Å². The standard InChI is InChI=1S/C18H23Ge/c1-13-5-14(2)8-17(7-13)11-19-12-18-9-15(3)6-16(4)10-18/h5-10,19H,11-12H2,1-4H3/i19D. The van der Waals surface area contributed by atoms with Gasteiger partial charge in [0.05, 0.1) is 0 Å². The molecule has 0 unspecified atom stereocenters. The molecule has 2 aromatic rings. The van der Waals surface area contributed by atoms with Crippen LogP contribution in [-0.2, 0) is 10.5 Å². The molecule has 0 atom stereocenters. The summed E-state index contributed by atoms with van der Waals surface area (Å²) in [5, 5.41) is 1.99. The quantitative estimate of drug-likeness (QED) is 0.747. The molecule has 0 aliphatic heterocycles. The van der Waals surface area contributed by atoms with Crippen molar-refractivity contribution in [2.24, 2.45) is 0 Å². The molecule has 0 amide bonds. The summed E-state index contributed by atoms with van der Waals surface area (Å²) < 4.78 is 8.50. The Bertz CT molecular complexity index is 510. The van der Waals surface area contributed by atoms with E-state index in [0.717, 1.165) is 10.5 Å². The predicted octanol–water partition coefficient (Wildman–Crippen LogP) is 4.06. The van der Waals surface area contributed by atoms with Crippen LogP contribution in [-0.4, -0.2) is 16.2 Å². The Hall–Kier alpha value is -1.02. The Morgan fingerprint density at radius 1 is 0.684 bits per heavy atom. The van der Waals surface area contributed by atoms with Crippen LogP contribution in [0.1, 0.15) is 33.4 Å². The number of hydrogen-bond acceptors (Lipinski definition) is 0. The van der Waals surface area contributed by atoms with Crippen molar-refractivity contribution in [3.63, 3.8) is 0 Å². The van der Waals surface area contributed by atoms with Crippen LogP contribution in [0.25, 0.3) is 0 Å². The van der Waals surface area contributed by atoms with Crippen molar-refractivity contribution in [2.45, 2.75) is 38.2 Å². The molecule has 19 heavy (non-hydrogen) atoms. The summed E-state index contributed by atoms with van der Waals surface area (Å²) in [6, 6.07) is 13.4. The van der Waals surface area contributed by atoms with Crippen molar-refractivity contribution < 1.29 is 0 Å². The van der Waals surface area contributed by atoms with Crippen LogP contribution in [0.15, 0.2) is 36.4 Å². The first-order valence-corrected chi connectivity index (χ1v) is 9.85. The van der Waals surface area contributed by atoms with E-state index in [9.17, 15) is 0 Å². The molecule has 2 aromatic carbocycles. The van der Waals surface area contributed by atoms with Crippen LogP contribution < -0.4 is 0 Å². The summed E-state index contributed by atoms with van der Waals surface area (Å²) in [4.78, 5) is 0. The summed E-state index contributed by atoms with van der Waals surface area (Å²) in [5.74, 6) is 0. The number of rotatable bonds is 4. The van der Waals surface area contributed by atoms with E-state index in [-0.39, 0.29) is 0 Å². The molecule has 0 aromatic heterocycles. The summed E-state index contributed by atoms with van der Waals surface area (Å²) >= 11 is -1.77. The average molecular weight is 313 g/mol. The third-order valence-electron chi connectivity index (χ3n) is 3.22. The Labute approximate surface area is 124 Å². The third kappa shape index (κ3) is 4.54. The molecule has 0 heterocycles. The van der Waals surface area contributed by atoms with Crippen molar-refractivity contribution in [2.75, 3.05) is 0 Å². The fourth-order valence-electron chi connectivity index (χ4n) is 2.69. The molecule has 0 saturated heterocycles. The first-order valence-electron chi connectivity index (χ1n) is 7.38. The van der Waals surface area contributed by atoms with Crippen molar-refractivity contribution >= 4 is 15.3 Å². The third-order valence-corrected chi connectivity index (χ3v) is 5.98. The summed E-state index contributed by atoms with van der Waals surface area (Å²) in [5.41, 5.74) is 7.98. The zero-order valence-corrected chi connectivity index (χ0v) is 14.5. The Morgan fingerprint density at radius 2 is 1.00 bits per heavy atom. The molecule has 0 spiro atoms. The van der Waals surface area contributed by atoms with E-state index in [1.165, 1.54) is 33.4 Å². The fraction of sp³-hybridized carbons (Fsp3) is 0.333. The van der Waals surface area contributed by atoms with E-state index in [0.29, 0.717) is 0 Å². The zero-order chi connectivity index (χ0) is 14.7. The van der Waals surface area contributed by atoms with Gasteiger partial charge in [0.1, 0.15) is 0 Å². The maximum absolute atomic E-state index is 8.50. The topological polar surface area (TPSA) is 0 Å². The molecule has 0 bridgehead atoms. The van der Waals surface area contributed by atoms with Gasteiger partial charge in [-0.25, -0.2) is 0 Å². The Morgan fingerprint density at radius 3 is 1.32 bits per heavy atom. The van der Waals surface area contributed by atoms with Gasteiger partial charge in [-0.1, -0.05) is 0 Å². The van der Waals surface area contributed by atoms with Crippen molar-refractivity contribution in [1.29, 1.82) is 0.927 Å². The summed E-state index contributed by atoms with van der Waals surface area (Å²) in [7, 11) is 0. The normalized spacial score (nSPS) is 11.7. The SMILES string of the molecule is [2H][Ge]([CH2]c1cc(C)cc(C)c1)[CH2]c1cc(C)cc(C)c1. The van der Waals surface area contributed by atoms with Gasteiger partial charge in [-0.3, -0.25) is 0 Å². The van der Waals surface area contributed by atoms with Gasteiger partial charge >= 0.3 is 124 Å². The van der Waals surface area contributed by atoms with Gasteiger partial charge in [-0.15, -0.1) is 0 Å². The molecule has 0 aliphatic rings. The van der Waals surface area contributed by atoms with E-state index < -0.39 is 15.3 Å². The van der Waals surface area contributed by atoms with E-state index in [1.54, 1.807) is 0 Å². The first-order chi connectivity index (χ1) is 9.42. The van der Waals surface area contributed by atoms with Crippen LogP contribution in [0.3, 0.4) is 0 Å². The van der Waals surface area contributed by atoms with Gasteiger partial charge in [0.15, 0.2) is 0 Å². The Kier molecular flexibility index (Phi) is 4.39. The summed E-state index contributed by atoms with van der Waals surface area (Å²) in [6.07, 6.45) is 0. The average Bonchev–Trinajstić information content (AvgIpc) is 2.24. The van der Waals surface area contributed by atoms with Crippen molar-refractivity contribution in [3.8, 4) is 0 Å². The molecule has 1 heteroatoms. The van der Waals surface area contributed by atoms with E-state index in [2.05, 4.69) is 64.1 Å². The van der Waals surface area contributed by atoms with Crippen LogP contribution in [0, 0.1) is 27.7 Å². The minimum absolute atomic E-state index is 0.996. The van der Waals surface area contributed by atoms with E-state index in [1.807, 2.05) is 0 Å². The number of aryl methyl sites for hydroxylation is 4. The Balaban J connectivity index is 2.06. The van der Waals surface area contributed by atoms with E-state index >= 15 is 0 Å². The molecular weight excluding hydrogens is 289 g/mol. The molecular formula is C18H23Ge. The first kappa shape index (κ1) is 13.0. The predicted molar refractivity (Wildman–Crippen MR) is 86.4 cm³/mol. The molecule has 99 valence electrons. The molecule has 2 rings (SSSR count). The number of benzene rings is 2. The minimum atomic E-state index is -1.77. The van der Waals surface area contributed by atoms with Gasteiger partial charge in [-0.05, 0) is 0 Å². The van der Waals surface area contributed by atoms with Gasteiger partial charge in [0.2, 0.25) is 0 Å². The van der Waals surface area contributed by atoms with Gasteiger partial charge in [0.25, 0.3) is 0 Å². The molecule has 0 fully saturated rings. The second-order valence-corrected chi connectivity index (χ2v) is 8.13. The van der Waals surface area contributed by atoms with Crippen LogP contribution in [0.4, 0.5) is 0 Å². The van der Waals surface area contributed by atoms with Gasteiger partial charge in [-0.2, -0.15) is 0 Å². The second-order valence-electron chi connectivity index (χ2n) is 5.60. The molecule has 0 saturated carbocycles. The zero-order valence-electron chi connectivity index (χ0n) is 13.4. The van der Waals surface area contributed by atoms with E-state index in [4.69, 9.17) is 0.927 Å². The van der Waals surface area contributed by atoms with Crippen molar-refractivity contribution in [3.05, 3.63) is 69.8 Å². The molecule has 0 N–H and O–H groups in total. The van der Waals surface area contributed by atoms with Crippen LogP contribution in [0.5, 0.6) is 0 Å². The second kappa shape index (κ2) is 6.43. The van der Waals surface area contributed by atoms with Gasteiger partial charge in [0, 0.05) is 0 Å². The molecule has 1 radical (unpaired) electrons. The molecule has 0 aliphatic carbocycles. The van der Waals surface area contributed by atoms with Crippen molar-refractivity contribution in [1.82, 2.24) is 0 Å². The van der Waals surface area contributed by atoms with Crippen LogP contribution in [0.2, 0.25) is 0 Å². The summed E-state index contributed by atoms with van der Waals surface area (Å²) in [6.45, 7) is 8.57. The monoisotopic (exact) mass is 314 g/mol. The number of hydrogen-bond donors (Lipinski definition) is 0. The fourth-order valence-corrected chi connectivity index (χ4v) is 5.02.